The lowest BCUT2D eigenvalue weighted by Gasteiger charge is -2.30. The fourth-order valence-corrected chi connectivity index (χ4v) is 4.94. The number of carbonyl (C=O) groups is 1. The van der Waals surface area contributed by atoms with Gasteiger partial charge < -0.3 is 9.22 Å². The minimum atomic E-state index is -0.151. The summed E-state index contributed by atoms with van der Waals surface area (Å²) in [5.74, 6) is -0.151. The van der Waals surface area contributed by atoms with E-state index in [0.717, 1.165) is 6.42 Å². The van der Waals surface area contributed by atoms with Gasteiger partial charge in [-0.05, 0) is 32.1 Å². The summed E-state index contributed by atoms with van der Waals surface area (Å²) in [5, 5.41) is 0. The Morgan fingerprint density at radius 2 is 0.794 bits per heavy atom. The first-order valence-electron chi connectivity index (χ1n) is 15.4. The zero-order valence-corrected chi connectivity index (χ0v) is 24.1. The van der Waals surface area contributed by atoms with Crippen LogP contribution in [0.5, 0.6) is 0 Å². The third-order valence-electron chi connectivity index (χ3n) is 7.33. The van der Waals surface area contributed by atoms with Crippen LogP contribution in [0.3, 0.4) is 0 Å². The average molecular weight is 483 g/mol. The fraction of sp³-hybridized carbons (Fsp3) is 0.968. The van der Waals surface area contributed by atoms with Crippen molar-refractivity contribution < 1.29 is 14.0 Å². The van der Waals surface area contributed by atoms with E-state index in [1.54, 1.807) is 0 Å². The van der Waals surface area contributed by atoms with Crippen molar-refractivity contribution >= 4 is 5.97 Å². The lowest BCUT2D eigenvalue weighted by molar-refractivity contribution is -0.890. The van der Waals surface area contributed by atoms with Crippen LogP contribution < -0.4 is 0 Å². The third kappa shape index (κ3) is 27.7. The number of esters is 1. The van der Waals surface area contributed by atoms with Gasteiger partial charge in [0.25, 0.3) is 0 Å². The Labute approximate surface area is 215 Å². The maximum atomic E-state index is 10.7. The van der Waals surface area contributed by atoms with Crippen LogP contribution in [0.1, 0.15) is 162 Å². The van der Waals surface area contributed by atoms with Gasteiger partial charge in [-0.2, -0.15) is 0 Å². The summed E-state index contributed by atoms with van der Waals surface area (Å²) in [5.41, 5.74) is 0. The van der Waals surface area contributed by atoms with Crippen molar-refractivity contribution in [2.75, 3.05) is 33.8 Å². The second-order valence-corrected chi connectivity index (χ2v) is 11.5. The Balaban J connectivity index is 3.30. The molecule has 0 radical (unpaired) electrons. The van der Waals surface area contributed by atoms with E-state index in [4.69, 9.17) is 4.74 Å². The Morgan fingerprint density at radius 3 is 1.12 bits per heavy atom. The molecule has 204 valence electrons. The molecule has 0 aromatic rings. The van der Waals surface area contributed by atoms with Crippen molar-refractivity contribution in [2.24, 2.45) is 0 Å². The molecule has 0 bridgehead atoms. The Morgan fingerprint density at radius 1 is 0.500 bits per heavy atom. The van der Waals surface area contributed by atoms with Gasteiger partial charge in [0, 0.05) is 6.92 Å². The molecule has 0 fully saturated rings. The van der Waals surface area contributed by atoms with Gasteiger partial charge in [0.2, 0.25) is 0 Å². The molecule has 0 N–H and O–H groups in total. The number of hydrogen-bond donors (Lipinski definition) is 0. The summed E-state index contributed by atoms with van der Waals surface area (Å²) in [7, 11) is 4.86. The number of rotatable bonds is 27. The van der Waals surface area contributed by atoms with Crippen LogP contribution in [0, 0.1) is 0 Å². The second kappa shape index (κ2) is 25.5. The van der Waals surface area contributed by atoms with Gasteiger partial charge in [-0.15, -0.1) is 0 Å². The highest BCUT2D eigenvalue weighted by Gasteiger charge is 2.13. The van der Waals surface area contributed by atoms with E-state index in [1.165, 1.54) is 166 Å². The van der Waals surface area contributed by atoms with Crippen molar-refractivity contribution in [3.63, 3.8) is 0 Å². The molecule has 0 spiro atoms. The molecule has 0 saturated carbocycles. The molecule has 0 aromatic carbocycles. The maximum absolute atomic E-state index is 10.7. The largest absolute Gasteiger partial charge is 0.466 e. The molecule has 0 unspecified atom stereocenters. The lowest BCUT2D eigenvalue weighted by Crippen LogP contribution is -2.41. The Hall–Kier alpha value is -0.570. The lowest BCUT2D eigenvalue weighted by atomic mass is 10.0. The maximum Gasteiger partial charge on any atom is 0.302 e. The zero-order valence-electron chi connectivity index (χ0n) is 24.1. The number of ether oxygens (including phenoxy) is 1. The Kier molecular flexibility index (Phi) is 25.1. The van der Waals surface area contributed by atoms with E-state index >= 15 is 0 Å². The molecule has 0 atom stereocenters. The van der Waals surface area contributed by atoms with Crippen molar-refractivity contribution in [1.82, 2.24) is 0 Å². The van der Waals surface area contributed by atoms with Gasteiger partial charge in [0.05, 0.1) is 33.8 Å². The molecular formula is C31H64NO2+. The summed E-state index contributed by atoms with van der Waals surface area (Å²) < 4.78 is 6.18. The second-order valence-electron chi connectivity index (χ2n) is 11.5. The highest BCUT2D eigenvalue weighted by molar-refractivity contribution is 5.65. The first-order valence-corrected chi connectivity index (χ1v) is 15.4. The molecule has 0 amide bonds. The number of unbranched alkanes of at least 4 members (excludes halogenated alkanes) is 21. The third-order valence-corrected chi connectivity index (χ3v) is 7.33. The minimum absolute atomic E-state index is 0.151. The number of quaternary nitrogens is 1. The van der Waals surface area contributed by atoms with Crippen LogP contribution in [-0.4, -0.2) is 44.2 Å². The summed E-state index contributed by atoms with van der Waals surface area (Å²) in [6, 6.07) is 0. The molecule has 0 heterocycles. The van der Waals surface area contributed by atoms with Crippen LogP contribution in [-0.2, 0) is 9.53 Å². The molecule has 3 heteroatoms. The van der Waals surface area contributed by atoms with E-state index in [2.05, 4.69) is 21.0 Å². The SMILES string of the molecule is CCCCCCCCCCCCCCCC[N+](C)(C)CCCCCCCCCCCOC(C)=O. The molecular weight excluding hydrogens is 418 g/mol. The minimum Gasteiger partial charge on any atom is -0.466 e. The van der Waals surface area contributed by atoms with E-state index in [0.29, 0.717) is 6.61 Å². The van der Waals surface area contributed by atoms with Crippen molar-refractivity contribution in [1.29, 1.82) is 0 Å². The van der Waals surface area contributed by atoms with Gasteiger partial charge in [-0.25, -0.2) is 0 Å². The Bertz CT molecular complexity index is 422. The topological polar surface area (TPSA) is 26.3 Å². The molecule has 0 aromatic heterocycles. The highest BCUT2D eigenvalue weighted by atomic mass is 16.5. The molecule has 34 heavy (non-hydrogen) atoms. The predicted octanol–water partition coefficient (Wildman–Crippen LogP) is 9.62. The quantitative estimate of drug-likeness (QED) is 0.0661. The summed E-state index contributed by atoms with van der Waals surface area (Å²) in [4.78, 5) is 10.7. The van der Waals surface area contributed by atoms with Gasteiger partial charge in [-0.3, -0.25) is 4.79 Å². The molecule has 0 aliphatic rings. The van der Waals surface area contributed by atoms with Gasteiger partial charge in [-0.1, -0.05) is 122 Å². The van der Waals surface area contributed by atoms with Crippen molar-refractivity contribution in [3.8, 4) is 0 Å². The first kappa shape index (κ1) is 33.4. The van der Waals surface area contributed by atoms with Crippen molar-refractivity contribution in [2.45, 2.75) is 162 Å². The number of hydrogen-bond acceptors (Lipinski definition) is 2. The van der Waals surface area contributed by atoms with E-state index in [-0.39, 0.29) is 5.97 Å². The van der Waals surface area contributed by atoms with E-state index in [1.807, 2.05) is 0 Å². The van der Waals surface area contributed by atoms with Crippen LogP contribution in [0.4, 0.5) is 0 Å². The van der Waals surface area contributed by atoms with E-state index < -0.39 is 0 Å². The monoisotopic (exact) mass is 482 g/mol. The molecule has 0 aliphatic heterocycles. The van der Waals surface area contributed by atoms with Crippen LogP contribution in [0.15, 0.2) is 0 Å². The van der Waals surface area contributed by atoms with Gasteiger partial charge >= 0.3 is 5.97 Å². The molecule has 0 aliphatic carbocycles. The summed E-state index contributed by atoms with van der Waals surface area (Å²) in [6.07, 6.45) is 32.0. The highest BCUT2D eigenvalue weighted by Crippen LogP contribution is 2.15. The van der Waals surface area contributed by atoms with Crippen LogP contribution >= 0.6 is 0 Å². The van der Waals surface area contributed by atoms with Crippen LogP contribution in [0.25, 0.3) is 0 Å². The number of carbonyl (C=O) groups excluding carboxylic acids is 1. The van der Waals surface area contributed by atoms with Crippen molar-refractivity contribution in [3.05, 3.63) is 0 Å². The first-order chi connectivity index (χ1) is 16.5. The normalized spacial score (nSPS) is 11.8. The zero-order chi connectivity index (χ0) is 25.2. The number of nitrogens with zero attached hydrogens (tertiary/aromatic N) is 1. The van der Waals surface area contributed by atoms with Gasteiger partial charge in [0.15, 0.2) is 0 Å². The van der Waals surface area contributed by atoms with E-state index in [9.17, 15) is 4.79 Å². The molecule has 0 saturated heterocycles. The van der Waals surface area contributed by atoms with Gasteiger partial charge in [0.1, 0.15) is 0 Å². The molecule has 3 nitrogen and oxygen atoms in total. The van der Waals surface area contributed by atoms with Crippen LogP contribution in [0.2, 0.25) is 0 Å². The summed E-state index contributed by atoms with van der Waals surface area (Å²) >= 11 is 0. The summed E-state index contributed by atoms with van der Waals surface area (Å²) in [6.45, 7) is 7.08. The fourth-order valence-electron chi connectivity index (χ4n) is 4.94. The molecule has 0 rings (SSSR count). The predicted molar refractivity (Wildman–Crippen MR) is 150 cm³/mol. The smallest absolute Gasteiger partial charge is 0.302 e. The average Bonchev–Trinajstić information content (AvgIpc) is 2.79. The standard InChI is InChI=1S/C31H64NO2/c1-5-6-7-8-9-10-11-12-13-14-16-19-22-25-28-32(3,4)29-26-23-20-17-15-18-21-24-27-30-34-31(2)33/h5-30H2,1-4H3/q+1.